The van der Waals surface area contributed by atoms with E-state index in [0.717, 1.165) is 25.2 Å². The van der Waals surface area contributed by atoms with Crippen molar-refractivity contribution in [2.75, 3.05) is 6.54 Å². The molecule has 1 N–H and O–H groups in total. The van der Waals surface area contributed by atoms with Crippen LogP contribution in [-0.4, -0.2) is 21.5 Å². The Morgan fingerprint density at radius 3 is 3.08 bits per heavy atom. The summed E-state index contributed by atoms with van der Waals surface area (Å²) in [5.74, 6) is 0. The second kappa shape index (κ2) is 2.80. The van der Waals surface area contributed by atoms with Crippen molar-refractivity contribution >= 4 is 0 Å². The lowest BCUT2D eigenvalue weighted by Crippen LogP contribution is -2.27. The molecule has 0 saturated heterocycles. The third kappa shape index (κ3) is 1.09. The first kappa shape index (κ1) is 7.50. The minimum atomic E-state index is 0.661. The largest absolute Gasteiger partial charge is 0.311 e. The van der Waals surface area contributed by atoms with Crippen molar-refractivity contribution in [2.45, 2.75) is 38.3 Å². The lowest BCUT2D eigenvalue weighted by atomic mass is 9.93. The molecule has 0 spiro atoms. The molecule has 0 aromatic carbocycles. The molecule has 0 unspecified atom stereocenters. The number of rotatable bonds is 1. The summed E-state index contributed by atoms with van der Waals surface area (Å²) >= 11 is 0. The molecule has 1 aliphatic carbocycles. The van der Waals surface area contributed by atoms with Crippen LogP contribution in [0.1, 0.15) is 36.7 Å². The van der Waals surface area contributed by atoms with Crippen LogP contribution in [-0.2, 0) is 13.0 Å². The van der Waals surface area contributed by atoms with Crippen molar-refractivity contribution in [1.82, 2.24) is 20.3 Å². The average Bonchev–Trinajstić information content (AvgIpc) is 2.47. The molecule has 1 aromatic heterocycles. The van der Waals surface area contributed by atoms with Gasteiger partial charge in [0.15, 0.2) is 0 Å². The lowest BCUT2D eigenvalue weighted by Gasteiger charge is -2.27. The minimum absolute atomic E-state index is 0.661. The zero-order chi connectivity index (χ0) is 8.67. The molecule has 4 heteroatoms. The van der Waals surface area contributed by atoms with Crippen molar-refractivity contribution in [2.24, 2.45) is 0 Å². The van der Waals surface area contributed by atoms with Crippen molar-refractivity contribution in [3.05, 3.63) is 11.4 Å². The Kier molecular flexibility index (Phi) is 1.62. The SMILES string of the molecule is C1CC(n2nnc3c2CCNC3)C1. The Labute approximate surface area is 77.3 Å². The molecule has 0 atom stereocenters. The van der Waals surface area contributed by atoms with Crippen molar-refractivity contribution < 1.29 is 0 Å². The van der Waals surface area contributed by atoms with Crippen LogP contribution in [0.5, 0.6) is 0 Å². The summed E-state index contributed by atoms with van der Waals surface area (Å²) in [4.78, 5) is 0. The average molecular weight is 178 g/mol. The van der Waals surface area contributed by atoms with Gasteiger partial charge in [-0.05, 0) is 19.3 Å². The highest BCUT2D eigenvalue weighted by Crippen LogP contribution is 2.32. The van der Waals surface area contributed by atoms with Crippen LogP contribution in [0, 0.1) is 0 Å². The summed E-state index contributed by atoms with van der Waals surface area (Å²) in [6, 6.07) is 0.661. The molecule has 13 heavy (non-hydrogen) atoms. The second-order valence-electron chi connectivity index (χ2n) is 3.94. The molecule has 0 amide bonds. The number of nitrogens with one attached hydrogen (secondary N) is 1. The van der Waals surface area contributed by atoms with Crippen molar-refractivity contribution in [3.8, 4) is 0 Å². The maximum Gasteiger partial charge on any atom is 0.0997 e. The van der Waals surface area contributed by atoms with Gasteiger partial charge in [0.25, 0.3) is 0 Å². The van der Waals surface area contributed by atoms with E-state index in [0.29, 0.717) is 6.04 Å². The van der Waals surface area contributed by atoms with Gasteiger partial charge in [-0.3, -0.25) is 0 Å². The number of aromatic nitrogens is 3. The van der Waals surface area contributed by atoms with Gasteiger partial charge in [0.05, 0.1) is 17.4 Å². The van der Waals surface area contributed by atoms with Crippen molar-refractivity contribution in [3.63, 3.8) is 0 Å². The van der Waals surface area contributed by atoms with E-state index >= 15 is 0 Å². The molecule has 1 aliphatic heterocycles. The predicted octanol–water partition coefficient (Wildman–Crippen LogP) is 0.649. The monoisotopic (exact) mass is 178 g/mol. The normalized spacial score (nSPS) is 22.5. The fraction of sp³-hybridized carbons (Fsp3) is 0.778. The Bertz CT molecular complexity index is 313. The van der Waals surface area contributed by atoms with E-state index in [1.807, 2.05) is 0 Å². The first-order chi connectivity index (χ1) is 6.45. The van der Waals surface area contributed by atoms with Crippen LogP contribution in [0.25, 0.3) is 0 Å². The maximum atomic E-state index is 4.25. The van der Waals surface area contributed by atoms with Gasteiger partial charge in [0, 0.05) is 19.5 Å². The van der Waals surface area contributed by atoms with Gasteiger partial charge in [0.1, 0.15) is 0 Å². The van der Waals surface area contributed by atoms with Gasteiger partial charge in [0.2, 0.25) is 0 Å². The van der Waals surface area contributed by atoms with E-state index < -0.39 is 0 Å². The van der Waals surface area contributed by atoms with Gasteiger partial charge in [-0.2, -0.15) is 0 Å². The van der Waals surface area contributed by atoms with Gasteiger partial charge in [-0.15, -0.1) is 5.10 Å². The van der Waals surface area contributed by atoms with Crippen LogP contribution in [0.3, 0.4) is 0 Å². The van der Waals surface area contributed by atoms with Gasteiger partial charge in [-0.25, -0.2) is 4.68 Å². The summed E-state index contributed by atoms with van der Waals surface area (Å²) in [6.07, 6.45) is 5.04. The van der Waals surface area contributed by atoms with Gasteiger partial charge >= 0.3 is 0 Å². The molecule has 2 heterocycles. The Hall–Kier alpha value is -0.900. The summed E-state index contributed by atoms with van der Waals surface area (Å²) in [7, 11) is 0. The molecule has 4 nitrogen and oxygen atoms in total. The minimum Gasteiger partial charge on any atom is -0.311 e. The molecule has 1 fully saturated rings. The van der Waals surface area contributed by atoms with E-state index in [2.05, 4.69) is 20.3 Å². The van der Waals surface area contributed by atoms with Crippen LogP contribution >= 0.6 is 0 Å². The number of nitrogens with zero attached hydrogens (tertiary/aromatic N) is 3. The quantitative estimate of drug-likeness (QED) is 0.686. The van der Waals surface area contributed by atoms with E-state index in [-0.39, 0.29) is 0 Å². The summed E-state index contributed by atoms with van der Waals surface area (Å²) in [5, 5.41) is 11.8. The zero-order valence-corrected chi connectivity index (χ0v) is 7.66. The van der Waals surface area contributed by atoms with Crippen LogP contribution < -0.4 is 5.32 Å². The highest BCUT2D eigenvalue weighted by atomic mass is 15.4. The molecule has 0 radical (unpaired) electrons. The first-order valence-corrected chi connectivity index (χ1v) is 5.09. The van der Waals surface area contributed by atoms with Gasteiger partial charge < -0.3 is 5.32 Å². The molecule has 0 bridgehead atoms. The topological polar surface area (TPSA) is 42.7 Å². The molecule has 2 aliphatic rings. The number of hydrogen-bond acceptors (Lipinski definition) is 3. The zero-order valence-electron chi connectivity index (χ0n) is 7.66. The Morgan fingerprint density at radius 1 is 1.38 bits per heavy atom. The van der Waals surface area contributed by atoms with E-state index in [1.165, 1.54) is 25.0 Å². The fourth-order valence-corrected chi connectivity index (χ4v) is 2.08. The van der Waals surface area contributed by atoms with E-state index in [4.69, 9.17) is 0 Å². The third-order valence-electron chi connectivity index (χ3n) is 3.12. The number of fused-ring (bicyclic) bond motifs is 1. The summed E-state index contributed by atoms with van der Waals surface area (Å²) in [6.45, 7) is 1.98. The van der Waals surface area contributed by atoms with Crippen LogP contribution in [0.2, 0.25) is 0 Å². The molecular formula is C9H14N4. The number of hydrogen-bond donors (Lipinski definition) is 1. The van der Waals surface area contributed by atoms with Crippen LogP contribution in [0.4, 0.5) is 0 Å². The highest BCUT2D eigenvalue weighted by Gasteiger charge is 2.25. The molecule has 70 valence electrons. The van der Waals surface area contributed by atoms with Crippen molar-refractivity contribution in [1.29, 1.82) is 0 Å². The highest BCUT2D eigenvalue weighted by molar-refractivity contribution is 5.14. The first-order valence-electron chi connectivity index (χ1n) is 5.09. The lowest BCUT2D eigenvalue weighted by molar-refractivity contribution is 0.276. The third-order valence-corrected chi connectivity index (χ3v) is 3.12. The molecule has 1 saturated carbocycles. The fourth-order valence-electron chi connectivity index (χ4n) is 2.08. The van der Waals surface area contributed by atoms with E-state index in [1.54, 1.807) is 0 Å². The Morgan fingerprint density at radius 2 is 2.31 bits per heavy atom. The molecule has 1 aromatic rings. The Balaban J connectivity index is 1.95. The standard InChI is InChI=1S/C9H14N4/c1-2-7(3-1)13-9-4-5-10-6-8(9)11-12-13/h7,10H,1-6H2. The predicted molar refractivity (Wildman–Crippen MR) is 48.3 cm³/mol. The summed E-state index contributed by atoms with van der Waals surface area (Å²) in [5.41, 5.74) is 2.54. The molecular weight excluding hydrogens is 164 g/mol. The van der Waals surface area contributed by atoms with E-state index in [9.17, 15) is 0 Å². The van der Waals surface area contributed by atoms with Gasteiger partial charge in [-0.1, -0.05) is 5.21 Å². The maximum absolute atomic E-state index is 4.25. The smallest absolute Gasteiger partial charge is 0.0997 e. The molecule has 3 rings (SSSR count). The summed E-state index contributed by atoms with van der Waals surface area (Å²) < 4.78 is 2.17. The van der Waals surface area contributed by atoms with Crippen LogP contribution in [0.15, 0.2) is 0 Å². The second-order valence-corrected chi connectivity index (χ2v) is 3.94.